The monoisotopic (exact) mass is 368 g/mol. The van der Waals surface area contributed by atoms with Crippen molar-refractivity contribution in [3.05, 3.63) is 46.2 Å². The van der Waals surface area contributed by atoms with Gasteiger partial charge in [-0.1, -0.05) is 6.07 Å². The Morgan fingerprint density at radius 1 is 1.07 bits per heavy atom. The van der Waals surface area contributed by atoms with Crippen molar-refractivity contribution in [1.29, 1.82) is 0 Å². The van der Waals surface area contributed by atoms with Crippen LogP contribution in [0.2, 0.25) is 0 Å². The topological polar surface area (TPSA) is 69.6 Å². The van der Waals surface area contributed by atoms with E-state index < -0.39 is 5.97 Å². The predicted molar refractivity (Wildman–Crippen MR) is 104 cm³/mol. The number of hydrogen-bond donors (Lipinski definition) is 2. The van der Waals surface area contributed by atoms with Gasteiger partial charge in [0, 0.05) is 31.4 Å². The predicted octanol–water partition coefficient (Wildman–Crippen LogP) is 3.24. The fraction of sp³-hybridized carbons (Fsp3) is 0.545. The van der Waals surface area contributed by atoms with Crippen LogP contribution in [-0.4, -0.2) is 42.0 Å². The van der Waals surface area contributed by atoms with Gasteiger partial charge < -0.3 is 15.3 Å². The maximum atomic E-state index is 12.3. The number of amides is 1. The number of aromatic carboxylic acids is 1. The highest BCUT2D eigenvalue weighted by Crippen LogP contribution is 2.47. The summed E-state index contributed by atoms with van der Waals surface area (Å²) in [5.41, 5.74) is 5.39. The van der Waals surface area contributed by atoms with E-state index in [-0.39, 0.29) is 11.3 Å². The summed E-state index contributed by atoms with van der Waals surface area (Å²) >= 11 is 0. The highest BCUT2D eigenvalue weighted by atomic mass is 16.4. The SMILES string of the molecule is CNC(=O)C1=C(N2CCC3(CCc4cc(C(=O)O)ccc43)CC2)CCCC1. The highest BCUT2D eigenvalue weighted by Gasteiger charge is 2.42. The molecule has 5 nitrogen and oxygen atoms in total. The number of fused-ring (bicyclic) bond motifs is 2. The molecule has 2 aliphatic carbocycles. The van der Waals surface area contributed by atoms with Crippen LogP contribution in [0, 0.1) is 0 Å². The molecule has 0 atom stereocenters. The smallest absolute Gasteiger partial charge is 0.335 e. The van der Waals surface area contributed by atoms with Crippen molar-refractivity contribution in [2.24, 2.45) is 0 Å². The van der Waals surface area contributed by atoms with Crippen LogP contribution in [0.4, 0.5) is 0 Å². The van der Waals surface area contributed by atoms with Crippen LogP contribution >= 0.6 is 0 Å². The van der Waals surface area contributed by atoms with Crippen molar-refractivity contribution < 1.29 is 14.7 Å². The van der Waals surface area contributed by atoms with E-state index in [0.717, 1.165) is 70.0 Å². The van der Waals surface area contributed by atoms with Gasteiger partial charge in [-0.15, -0.1) is 0 Å². The third-order valence-corrected chi connectivity index (χ3v) is 6.84. The lowest BCUT2D eigenvalue weighted by Crippen LogP contribution is -2.42. The fourth-order valence-electron chi connectivity index (χ4n) is 5.32. The van der Waals surface area contributed by atoms with Crippen LogP contribution in [0.25, 0.3) is 0 Å². The average Bonchev–Trinajstić information content (AvgIpc) is 3.05. The molecule has 1 fully saturated rings. The third kappa shape index (κ3) is 3.13. The van der Waals surface area contributed by atoms with Crippen molar-refractivity contribution in [2.75, 3.05) is 20.1 Å². The molecule has 3 aliphatic rings. The van der Waals surface area contributed by atoms with E-state index in [0.29, 0.717) is 5.56 Å². The summed E-state index contributed by atoms with van der Waals surface area (Å²) < 4.78 is 0. The second-order valence-electron chi connectivity index (χ2n) is 8.16. The minimum atomic E-state index is -0.848. The average molecular weight is 368 g/mol. The molecule has 5 heteroatoms. The largest absolute Gasteiger partial charge is 0.478 e. The van der Waals surface area contributed by atoms with E-state index in [1.54, 1.807) is 13.1 Å². The van der Waals surface area contributed by atoms with Crippen LogP contribution in [-0.2, 0) is 16.6 Å². The van der Waals surface area contributed by atoms with Gasteiger partial charge in [0.25, 0.3) is 0 Å². The molecule has 1 spiro atoms. The van der Waals surface area contributed by atoms with Crippen LogP contribution in [0.3, 0.4) is 0 Å². The number of carbonyl (C=O) groups is 2. The molecule has 1 amide bonds. The number of benzene rings is 1. The molecule has 4 rings (SSSR count). The van der Waals surface area contributed by atoms with E-state index in [2.05, 4.69) is 16.3 Å². The van der Waals surface area contributed by atoms with Crippen LogP contribution in [0.1, 0.15) is 66.4 Å². The molecule has 1 aromatic carbocycles. The molecular formula is C22H28N2O3. The Kier molecular flexibility index (Phi) is 4.70. The van der Waals surface area contributed by atoms with Crippen LogP contribution in [0.15, 0.2) is 29.5 Å². The molecule has 0 unspecified atom stereocenters. The number of rotatable bonds is 3. The van der Waals surface area contributed by atoms with Gasteiger partial charge in [0.15, 0.2) is 0 Å². The first-order chi connectivity index (χ1) is 13.0. The second kappa shape index (κ2) is 7.02. The summed E-state index contributed by atoms with van der Waals surface area (Å²) in [5, 5.41) is 12.1. The quantitative estimate of drug-likeness (QED) is 0.859. The highest BCUT2D eigenvalue weighted by molar-refractivity contribution is 5.94. The Morgan fingerprint density at radius 2 is 1.81 bits per heavy atom. The maximum absolute atomic E-state index is 12.3. The molecule has 0 radical (unpaired) electrons. The van der Waals surface area contributed by atoms with E-state index in [4.69, 9.17) is 0 Å². The number of likely N-dealkylation sites (N-methyl/N-ethyl adjacent to an activating group) is 1. The summed E-state index contributed by atoms with van der Waals surface area (Å²) in [6.45, 7) is 1.96. The number of carboxylic acids is 1. The maximum Gasteiger partial charge on any atom is 0.335 e. The Labute approximate surface area is 160 Å². The number of carbonyl (C=O) groups excluding carboxylic acids is 1. The first kappa shape index (κ1) is 18.1. The Morgan fingerprint density at radius 3 is 2.52 bits per heavy atom. The standard InChI is InChI=1S/C22H28N2O3/c1-23-20(25)17-4-2-3-5-19(17)24-12-10-22(11-13-24)9-8-15-14-16(21(26)27)6-7-18(15)22/h6-7,14H,2-5,8-13H2,1H3,(H,23,25)(H,26,27). The number of aryl methyl sites for hydroxylation is 1. The zero-order chi connectivity index (χ0) is 19.0. The first-order valence-electron chi connectivity index (χ1n) is 10.1. The van der Waals surface area contributed by atoms with E-state index in [9.17, 15) is 14.7 Å². The summed E-state index contributed by atoms with van der Waals surface area (Å²) in [7, 11) is 1.72. The molecule has 1 saturated heterocycles. The number of carboxylic acid groups (broad SMARTS) is 1. The molecule has 27 heavy (non-hydrogen) atoms. The molecule has 0 aromatic heterocycles. The molecule has 1 aliphatic heterocycles. The lowest BCUT2D eigenvalue weighted by molar-refractivity contribution is -0.117. The zero-order valence-electron chi connectivity index (χ0n) is 16.0. The number of allylic oxidation sites excluding steroid dienone is 1. The summed E-state index contributed by atoms with van der Waals surface area (Å²) in [4.78, 5) is 26.0. The summed E-state index contributed by atoms with van der Waals surface area (Å²) in [6.07, 6.45) is 8.41. The molecule has 144 valence electrons. The van der Waals surface area contributed by atoms with Crippen molar-refractivity contribution in [3.8, 4) is 0 Å². The van der Waals surface area contributed by atoms with Gasteiger partial charge in [-0.05, 0) is 80.0 Å². The summed E-state index contributed by atoms with van der Waals surface area (Å²) in [5.74, 6) is -0.767. The molecule has 2 N–H and O–H groups in total. The minimum Gasteiger partial charge on any atom is -0.478 e. The molecule has 0 saturated carbocycles. The van der Waals surface area contributed by atoms with Gasteiger partial charge in [-0.3, -0.25) is 4.79 Å². The van der Waals surface area contributed by atoms with Crippen LogP contribution < -0.4 is 5.32 Å². The first-order valence-corrected chi connectivity index (χ1v) is 10.1. The minimum absolute atomic E-state index is 0.0809. The zero-order valence-corrected chi connectivity index (χ0v) is 16.0. The van der Waals surface area contributed by atoms with E-state index in [1.807, 2.05) is 6.07 Å². The molecule has 1 heterocycles. The number of nitrogens with zero attached hydrogens (tertiary/aromatic N) is 1. The van der Waals surface area contributed by atoms with Gasteiger partial charge in [0.2, 0.25) is 5.91 Å². The van der Waals surface area contributed by atoms with Gasteiger partial charge >= 0.3 is 5.97 Å². The van der Waals surface area contributed by atoms with Gasteiger partial charge in [-0.2, -0.15) is 0 Å². The van der Waals surface area contributed by atoms with E-state index in [1.165, 1.54) is 16.8 Å². The lowest BCUT2D eigenvalue weighted by Gasteiger charge is -2.43. The number of likely N-dealkylation sites (tertiary alicyclic amines) is 1. The van der Waals surface area contributed by atoms with Crippen molar-refractivity contribution in [3.63, 3.8) is 0 Å². The number of hydrogen-bond acceptors (Lipinski definition) is 3. The van der Waals surface area contributed by atoms with Crippen molar-refractivity contribution >= 4 is 11.9 Å². The van der Waals surface area contributed by atoms with E-state index >= 15 is 0 Å². The molecule has 1 aromatic rings. The Hall–Kier alpha value is -2.30. The Bertz CT molecular complexity index is 804. The summed E-state index contributed by atoms with van der Waals surface area (Å²) in [6, 6.07) is 5.68. The van der Waals surface area contributed by atoms with Crippen molar-refractivity contribution in [2.45, 2.75) is 56.8 Å². The second-order valence-corrected chi connectivity index (χ2v) is 8.16. The van der Waals surface area contributed by atoms with Crippen molar-refractivity contribution in [1.82, 2.24) is 10.2 Å². The third-order valence-electron chi connectivity index (χ3n) is 6.84. The lowest BCUT2D eigenvalue weighted by atomic mass is 9.73. The molecular weight excluding hydrogens is 340 g/mol. The number of nitrogens with one attached hydrogen (secondary N) is 1. The van der Waals surface area contributed by atoms with Gasteiger partial charge in [0.1, 0.15) is 0 Å². The van der Waals surface area contributed by atoms with Gasteiger partial charge in [-0.25, -0.2) is 4.79 Å². The van der Waals surface area contributed by atoms with Gasteiger partial charge in [0.05, 0.1) is 5.56 Å². The fourth-order valence-corrected chi connectivity index (χ4v) is 5.32. The normalized spacial score (nSPS) is 21.3. The Balaban J connectivity index is 1.54. The van der Waals surface area contributed by atoms with Crippen LogP contribution in [0.5, 0.6) is 0 Å². The number of piperidine rings is 1. The molecule has 0 bridgehead atoms.